The molecule has 0 bridgehead atoms. The van der Waals surface area contributed by atoms with E-state index in [0.717, 1.165) is 18.4 Å². The van der Waals surface area contributed by atoms with Crippen LogP contribution in [0.4, 0.5) is 4.39 Å². The van der Waals surface area contributed by atoms with Gasteiger partial charge in [-0.1, -0.05) is 30.3 Å². The second-order valence-electron chi connectivity index (χ2n) is 5.19. The average molecular weight is 256 g/mol. The highest BCUT2D eigenvalue weighted by Gasteiger charge is 2.15. The van der Waals surface area contributed by atoms with Gasteiger partial charge in [-0.2, -0.15) is 0 Å². The highest BCUT2D eigenvalue weighted by Crippen LogP contribution is 2.28. The molecule has 2 aromatic rings. The van der Waals surface area contributed by atoms with Gasteiger partial charge in [0.1, 0.15) is 11.9 Å². The van der Waals surface area contributed by atoms with Crippen LogP contribution >= 0.6 is 0 Å². The number of aryl methyl sites for hydroxylation is 2. The number of aliphatic hydroxyl groups excluding tert-OH is 1. The molecule has 1 unspecified atom stereocenters. The summed E-state index contributed by atoms with van der Waals surface area (Å²) in [7, 11) is 0. The van der Waals surface area contributed by atoms with E-state index in [1.165, 1.54) is 36.1 Å². The number of fused-ring (bicyclic) bond motifs is 1. The summed E-state index contributed by atoms with van der Waals surface area (Å²) in [4.78, 5) is 0. The lowest BCUT2D eigenvalue weighted by Gasteiger charge is -2.19. The van der Waals surface area contributed by atoms with Crippen LogP contribution < -0.4 is 0 Å². The first-order valence-corrected chi connectivity index (χ1v) is 6.79. The van der Waals surface area contributed by atoms with Crippen LogP contribution in [0.1, 0.15) is 41.2 Å². The van der Waals surface area contributed by atoms with Gasteiger partial charge in [0, 0.05) is 0 Å². The summed E-state index contributed by atoms with van der Waals surface area (Å²) in [6.07, 6.45) is 3.93. The first kappa shape index (κ1) is 12.4. The Hall–Kier alpha value is -1.67. The SMILES string of the molecule is OC(c1cccc(F)c1)c1ccc2c(c1)CCCC2. The molecule has 1 aliphatic rings. The van der Waals surface area contributed by atoms with Gasteiger partial charge in [-0.25, -0.2) is 4.39 Å². The van der Waals surface area contributed by atoms with Crippen molar-refractivity contribution in [3.63, 3.8) is 0 Å². The topological polar surface area (TPSA) is 20.2 Å². The van der Waals surface area contributed by atoms with Crippen LogP contribution in [-0.4, -0.2) is 5.11 Å². The average Bonchev–Trinajstić information content (AvgIpc) is 2.46. The van der Waals surface area contributed by atoms with Gasteiger partial charge in [-0.15, -0.1) is 0 Å². The summed E-state index contributed by atoms with van der Waals surface area (Å²) < 4.78 is 13.2. The number of hydrogen-bond acceptors (Lipinski definition) is 1. The van der Waals surface area contributed by atoms with Crippen molar-refractivity contribution in [1.29, 1.82) is 0 Å². The molecule has 1 aliphatic carbocycles. The minimum atomic E-state index is -0.747. The lowest BCUT2D eigenvalue weighted by Crippen LogP contribution is -2.06. The highest BCUT2D eigenvalue weighted by molar-refractivity contribution is 5.38. The van der Waals surface area contributed by atoms with E-state index in [1.54, 1.807) is 12.1 Å². The molecule has 2 heteroatoms. The van der Waals surface area contributed by atoms with E-state index in [0.29, 0.717) is 5.56 Å². The molecule has 19 heavy (non-hydrogen) atoms. The van der Waals surface area contributed by atoms with Crippen molar-refractivity contribution < 1.29 is 9.50 Å². The summed E-state index contributed by atoms with van der Waals surface area (Å²) >= 11 is 0. The Balaban J connectivity index is 1.93. The van der Waals surface area contributed by atoms with Gasteiger partial charge in [0.15, 0.2) is 0 Å². The first-order chi connectivity index (χ1) is 9.24. The zero-order valence-electron chi connectivity index (χ0n) is 10.8. The third-order valence-corrected chi connectivity index (χ3v) is 3.85. The molecule has 0 aromatic heterocycles. The number of aliphatic hydroxyl groups is 1. The molecule has 2 aromatic carbocycles. The number of hydrogen-bond donors (Lipinski definition) is 1. The van der Waals surface area contributed by atoms with Crippen molar-refractivity contribution in [2.24, 2.45) is 0 Å². The Morgan fingerprint density at radius 2 is 1.63 bits per heavy atom. The number of halogens is 1. The summed E-state index contributed by atoms with van der Waals surface area (Å²) in [6.45, 7) is 0. The molecule has 0 radical (unpaired) electrons. The zero-order valence-corrected chi connectivity index (χ0v) is 10.8. The Morgan fingerprint density at radius 3 is 2.42 bits per heavy atom. The summed E-state index contributed by atoms with van der Waals surface area (Å²) in [5, 5.41) is 10.4. The van der Waals surface area contributed by atoms with E-state index in [-0.39, 0.29) is 5.82 Å². The molecule has 0 heterocycles. The Morgan fingerprint density at radius 1 is 0.895 bits per heavy atom. The van der Waals surface area contributed by atoms with E-state index in [1.807, 2.05) is 6.07 Å². The normalized spacial score (nSPS) is 15.9. The lowest BCUT2D eigenvalue weighted by molar-refractivity contribution is 0.219. The van der Waals surface area contributed by atoms with Gasteiger partial charge >= 0.3 is 0 Å². The van der Waals surface area contributed by atoms with Crippen LogP contribution in [-0.2, 0) is 12.8 Å². The second kappa shape index (κ2) is 5.14. The smallest absolute Gasteiger partial charge is 0.123 e. The van der Waals surface area contributed by atoms with Gasteiger partial charge in [0.25, 0.3) is 0 Å². The van der Waals surface area contributed by atoms with Crippen LogP contribution in [0.15, 0.2) is 42.5 Å². The molecule has 1 atom stereocenters. The monoisotopic (exact) mass is 256 g/mol. The van der Waals surface area contributed by atoms with Crippen molar-refractivity contribution in [2.45, 2.75) is 31.8 Å². The van der Waals surface area contributed by atoms with E-state index < -0.39 is 6.10 Å². The highest BCUT2D eigenvalue weighted by atomic mass is 19.1. The largest absolute Gasteiger partial charge is 0.384 e. The molecule has 0 saturated heterocycles. The fraction of sp³-hybridized carbons (Fsp3) is 0.294. The van der Waals surface area contributed by atoms with Crippen LogP contribution in [0.3, 0.4) is 0 Å². The maximum Gasteiger partial charge on any atom is 0.123 e. The Bertz CT molecular complexity index is 592. The molecule has 0 amide bonds. The molecular weight excluding hydrogens is 239 g/mol. The zero-order chi connectivity index (χ0) is 13.2. The molecule has 0 saturated carbocycles. The fourth-order valence-electron chi connectivity index (χ4n) is 2.79. The number of rotatable bonds is 2. The third-order valence-electron chi connectivity index (χ3n) is 3.85. The van der Waals surface area contributed by atoms with E-state index in [9.17, 15) is 9.50 Å². The van der Waals surface area contributed by atoms with Crippen molar-refractivity contribution in [3.8, 4) is 0 Å². The lowest BCUT2D eigenvalue weighted by atomic mass is 9.88. The van der Waals surface area contributed by atoms with Gasteiger partial charge in [0.05, 0.1) is 0 Å². The summed E-state index contributed by atoms with van der Waals surface area (Å²) in [5.41, 5.74) is 4.18. The molecule has 0 aliphatic heterocycles. The van der Waals surface area contributed by atoms with Crippen LogP contribution in [0.25, 0.3) is 0 Å². The number of benzene rings is 2. The van der Waals surface area contributed by atoms with Gasteiger partial charge in [-0.05, 0) is 60.1 Å². The van der Waals surface area contributed by atoms with E-state index in [2.05, 4.69) is 12.1 Å². The minimum Gasteiger partial charge on any atom is -0.384 e. The minimum absolute atomic E-state index is 0.311. The van der Waals surface area contributed by atoms with E-state index >= 15 is 0 Å². The molecule has 0 fully saturated rings. The van der Waals surface area contributed by atoms with Crippen LogP contribution in [0, 0.1) is 5.82 Å². The Kier molecular flexibility index (Phi) is 3.34. The van der Waals surface area contributed by atoms with Crippen LogP contribution in [0.2, 0.25) is 0 Å². The molecule has 1 nitrogen and oxygen atoms in total. The first-order valence-electron chi connectivity index (χ1n) is 6.79. The van der Waals surface area contributed by atoms with Crippen LogP contribution in [0.5, 0.6) is 0 Å². The predicted molar refractivity (Wildman–Crippen MR) is 73.5 cm³/mol. The maximum atomic E-state index is 13.2. The van der Waals surface area contributed by atoms with E-state index in [4.69, 9.17) is 0 Å². The van der Waals surface area contributed by atoms with Crippen molar-refractivity contribution in [3.05, 3.63) is 70.5 Å². The van der Waals surface area contributed by atoms with Gasteiger partial charge in [-0.3, -0.25) is 0 Å². The molecule has 3 rings (SSSR count). The molecule has 98 valence electrons. The Labute approximate surface area is 112 Å². The predicted octanol–water partition coefficient (Wildman–Crippen LogP) is 3.79. The van der Waals surface area contributed by atoms with Gasteiger partial charge < -0.3 is 5.11 Å². The summed E-state index contributed by atoms with van der Waals surface area (Å²) in [6, 6.07) is 12.3. The third kappa shape index (κ3) is 2.54. The molecule has 0 spiro atoms. The van der Waals surface area contributed by atoms with Crippen molar-refractivity contribution in [2.75, 3.05) is 0 Å². The molecular formula is C17H17FO. The van der Waals surface area contributed by atoms with Gasteiger partial charge in [0.2, 0.25) is 0 Å². The molecule has 1 N–H and O–H groups in total. The summed E-state index contributed by atoms with van der Waals surface area (Å²) in [5.74, 6) is -0.311. The maximum absolute atomic E-state index is 13.2. The van der Waals surface area contributed by atoms with Crippen molar-refractivity contribution in [1.82, 2.24) is 0 Å². The fourth-order valence-corrected chi connectivity index (χ4v) is 2.79. The quantitative estimate of drug-likeness (QED) is 0.866. The second-order valence-corrected chi connectivity index (χ2v) is 5.19. The van der Waals surface area contributed by atoms with Crippen molar-refractivity contribution >= 4 is 0 Å². The standard InChI is InChI=1S/C17H17FO/c18-16-7-3-6-14(11-16)17(19)15-9-8-12-4-1-2-5-13(12)10-15/h3,6-11,17,19H,1-2,4-5H2.